The zero-order chi connectivity index (χ0) is 13.8. The summed E-state index contributed by atoms with van der Waals surface area (Å²) in [6.45, 7) is 0.422. The van der Waals surface area contributed by atoms with Gasteiger partial charge in [-0.2, -0.15) is 0 Å². The topological polar surface area (TPSA) is 83.6 Å². The number of hydrogen-bond acceptors (Lipinski definition) is 4. The van der Waals surface area contributed by atoms with Crippen molar-refractivity contribution in [3.05, 3.63) is 23.8 Å². The molecule has 0 unspecified atom stereocenters. The summed E-state index contributed by atoms with van der Waals surface area (Å²) >= 11 is 1.50. The largest absolute Gasteiger partial charge is 0.392 e. The van der Waals surface area contributed by atoms with E-state index in [4.69, 9.17) is 10.8 Å². The smallest absolute Gasteiger partial charge is 0.237 e. The van der Waals surface area contributed by atoms with Crippen LogP contribution in [0.25, 0.3) is 0 Å². The van der Waals surface area contributed by atoms with Crippen molar-refractivity contribution in [2.24, 2.45) is 5.73 Å². The second kappa shape index (κ2) is 6.08. The van der Waals surface area contributed by atoms with Gasteiger partial charge in [-0.25, -0.2) is 0 Å². The number of anilines is 1. The number of carbonyl (C=O) groups is 2. The summed E-state index contributed by atoms with van der Waals surface area (Å²) in [5.74, 6) is 0.0717. The summed E-state index contributed by atoms with van der Waals surface area (Å²) in [6.07, 6.45) is 0.820. The number of amides is 2. The van der Waals surface area contributed by atoms with Crippen LogP contribution < -0.4 is 10.6 Å². The lowest BCUT2D eigenvalue weighted by molar-refractivity contribution is -0.119. The molecule has 19 heavy (non-hydrogen) atoms. The normalized spacial score (nSPS) is 14.4. The number of fused-ring (bicyclic) bond motifs is 1. The highest BCUT2D eigenvalue weighted by Gasteiger charge is 2.24. The van der Waals surface area contributed by atoms with Crippen molar-refractivity contribution in [1.82, 2.24) is 0 Å². The van der Waals surface area contributed by atoms with Crippen LogP contribution in [0, 0.1) is 0 Å². The van der Waals surface area contributed by atoms with Crippen molar-refractivity contribution in [2.75, 3.05) is 17.2 Å². The molecule has 1 aromatic carbocycles. The van der Waals surface area contributed by atoms with Crippen molar-refractivity contribution in [2.45, 2.75) is 24.3 Å². The van der Waals surface area contributed by atoms with E-state index in [-0.39, 0.29) is 24.8 Å². The van der Waals surface area contributed by atoms with Crippen LogP contribution in [0.2, 0.25) is 0 Å². The third kappa shape index (κ3) is 3.27. The summed E-state index contributed by atoms with van der Waals surface area (Å²) in [5.41, 5.74) is 6.69. The number of hydrogen-bond donors (Lipinski definition) is 2. The van der Waals surface area contributed by atoms with Crippen LogP contribution in [-0.4, -0.2) is 29.2 Å². The minimum absolute atomic E-state index is 0.0251. The Hall–Kier alpha value is -1.53. The Balaban J connectivity index is 2.18. The Morgan fingerprint density at radius 1 is 1.47 bits per heavy atom. The fraction of sp³-hybridized carbons (Fsp3) is 0.385. The number of primary amides is 1. The van der Waals surface area contributed by atoms with Gasteiger partial charge in [0.1, 0.15) is 0 Å². The number of thioether (sulfide) groups is 1. The van der Waals surface area contributed by atoms with Gasteiger partial charge in [0.2, 0.25) is 11.8 Å². The monoisotopic (exact) mass is 280 g/mol. The van der Waals surface area contributed by atoms with E-state index in [1.807, 2.05) is 18.2 Å². The number of aliphatic hydroxyl groups is 1. The highest BCUT2D eigenvalue weighted by Crippen LogP contribution is 2.36. The van der Waals surface area contributed by atoms with E-state index in [0.29, 0.717) is 18.7 Å². The molecule has 1 aliphatic rings. The summed E-state index contributed by atoms with van der Waals surface area (Å²) in [5, 5.41) is 9.17. The number of nitrogens with zero attached hydrogens (tertiary/aromatic N) is 1. The Labute approximate surface area is 115 Å². The van der Waals surface area contributed by atoms with Gasteiger partial charge in [-0.3, -0.25) is 9.59 Å². The SMILES string of the molecule is NC(=O)CCCN1C(=O)CSc2ccc(CO)cc21. The molecule has 1 aliphatic heterocycles. The van der Waals surface area contributed by atoms with Gasteiger partial charge >= 0.3 is 0 Å². The van der Waals surface area contributed by atoms with Gasteiger partial charge < -0.3 is 15.7 Å². The van der Waals surface area contributed by atoms with Crippen LogP contribution in [0.3, 0.4) is 0 Å². The molecule has 0 aliphatic carbocycles. The van der Waals surface area contributed by atoms with Crippen molar-refractivity contribution in [1.29, 1.82) is 0 Å². The summed E-state index contributed by atoms with van der Waals surface area (Å²) in [6, 6.07) is 5.59. The van der Waals surface area contributed by atoms with E-state index >= 15 is 0 Å². The average Bonchev–Trinajstić information content (AvgIpc) is 2.40. The number of aliphatic hydroxyl groups excluding tert-OH is 1. The molecular weight excluding hydrogens is 264 g/mol. The molecule has 0 aromatic heterocycles. The molecule has 0 atom stereocenters. The fourth-order valence-corrected chi connectivity index (χ4v) is 2.92. The first-order valence-electron chi connectivity index (χ1n) is 6.07. The highest BCUT2D eigenvalue weighted by molar-refractivity contribution is 8.00. The Bertz CT molecular complexity index is 505. The van der Waals surface area contributed by atoms with Crippen LogP contribution in [0.1, 0.15) is 18.4 Å². The third-order valence-corrected chi connectivity index (χ3v) is 4.00. The van der Waals surface area contributed by atoms with Gasteiger partial charge in [-0.05, 0) is 24.1 Å². The van der Waals surface area contributed by atoms with Crippen LogP contribution in [0.15, 0.2) is 23.1 Å². The molecule has 0 spiro atoms. The maximum atomic E-state index is 12.0. The summed E-state index contributed by atoms with van der Waals surface area (Å²) < 4.78 is 0. The molecule has 2 rings (SSSR count). The molecule has 0 saturated carbocycles. The molecule has 0 radical (unpaired) electrons. The average molecular weight is 280 g/mol. The van der Waals surface area contributed by atoms with Gasteiger partial charge in [0, 0.05) is 17.9 Å². The number of nitrogens with two attached hydrogens (primary N) is 1. The second-order valence-corrected chi connectivity index (χ2v) is 5.38. The van der Waals surface area contributed by atoms with E-state index in [1.165, 1.54) is 11.8 Å². The molecule has 0 fully saturated rings. The van der Waals surface area contributed by atoms with Gasteiger partial charge in [0.05, 0.1) is 18.0 Å². The van der Waals surface area contributed by atoms with Crippen LogP contribution >= 0.6 is 11.8 Å². The molecule has 1 aromatic rings. The number of carbonyl (C=O) groups excluding carboxylic acids is 2. The lowest BCUT2D eigenvalue weighted by Gasteiger charge is -2.29. The van der Waals surface area contributed by atoms with E-state index < -0.39 is 0 Å². The molecule has 3 N–H and O–H groups in total. The molecule has 102 valence electrons. The first-order chi connectivity index (χ1) is 9.11. The van der Waals surface area contributed by atoms with E-state index in [0.717, 1.165) is 16.1 Å². The molecule has 6 heteroatoms. The lowest BCUT2D eigenvalue weighted by atomic mass is 10.1. The predicted molar refractivity (Wildman–Crippen MR) is 73.9 cm³/mol. The van der Waals surface area contributed by atoms with Gasteiger partial charge in [0.15, 0.2) is 0 Å². The van der Waals surface area contributed by atoms with Gasteiger partial charge in [0.25, 0.3) is 0 Å². The predicted octanol–water partition coefficient (Wildman–Crippen LogP) is 0.883. The van der Waals surface area contributed by atoms with Crippen LogP contribution in [0.4, 0.5) is 5.69 Å². The minimum Gasteiger partial charge on any atom is -0.392 e. The van der Waals surface area contributed by atoms with E-state index in [2.05, 4.69) is 0 Å². The number of benzene rings is 1. The van der Waals surface area contributed by atoms with Crippen LogP contribution in [0.5, 0.6) is 0 Å². The molecule has 5 nitrogen and oxygen atoms in total. The van der Waals surface area contributed by atoms with Crippen LogP contribution in [-0.2, 0) is 16.2 Å². The first-order valence-corrected chi connectivity index (χ1v) is 7.05. The van der Waals surface area contributed by atoms with E-state index in [1.54, 1.807) is 4.90 Å². The maximum Gasteiger partial charge on any atom is 0.237 e. The first kappa shape index (κ1) is 13.9. The van der Waals surface area contributed by atoms with Crippen molar-refractivity contribution in [3.63, 3.8) is 0 Å². The van der Waals surface area contributed by atoms with Crippen molar-refractivity contribution in [3.8, 4) is 0 Å². The highest BCUT2D eigenvalue weighted by atomic mass is 32.2. The molecule has 1 heterocycles. The van der Waals surface area contributed by atoms with Crippen molar-refractivity contribution < 1.29 is 14.7 Å². The third-order valence-electron chi connectivity index (χ3n) is 2.95. The molecule has 0 saturated heterocycles. The Kier molecular flexibility index (Phi) is 4.44. The Morgan fingerprint density at radius 2 is 2.26 bits per heavy atom. The lowest BCUT2D eigenvalue weighted by Crippen LogP contribution is -2.36. The quantitative estimate of drug-likeness (QED) is 0.838. The molecule has 0 bridgehead atoms. The fourth-order valence-electron chi connectivity index (χ4n) is 2.00. The van der Waals surface area contributed by atoms with E-state index in [9.17, 15) is 9.59 Å². The number of rotatable bonds is 5. The standard InChI is InChI=1S/C13H16N2O3S/c14-12(17)2-1-5-15-10-6-9(7-16)3-4-11(10)19-8-13(15)18/h3-4,6,16H,1-2,5,7-8H2,(H2,14,17). The zero-order valence-electron chi connectivity index (χ0n) is 10.5. The molecule has 2 amide bonds. The van der Waals surface area contributed by atoms with Crippen molar-refractivity contribution >= 4 is 29.3 Å². The maximum absolute atomic E-state index is 12.0. The second-order valence-electron chi connectivity index (χ2n) is 4.36. The molecular formula is C13H16N2O3S. The minimum atomic E-state index is -0.358. The van der Waals surface area contributed by atoms with Gasteiger partial charge in [-0.1, -0.05) is 6.07 Å². The van der Waals surface area contributed by atoms with Gasteiger partial charge in [-0.15, -0.1) is 11.8 Å². The summed E-state index contributed by atoms with van der Waals surface area (Å²) in [4.78, 5) is 25.4. The summed E-state index contributed by atoms with van der Waals surface area (Å²) in [7, 11) is 0. The zero-order valence-corrected chi connectivity index (χ0v) is 11.3. The Morgan fingerprint density at radius 3 is 2.95 bits per heavy atom.